The van der Waals surface area contributed by atoms with Gasteiger partial charge in [-0.2, -0.15) is 0 Å². The van der Waals surface area contributed by atoms with Crippen molar-refractivity contribution in [3.05, 3.63) is 51.1 Å². The summed E-state index contributed by atoms with van der Waals surface area (Å²) in [7, 11) is 0. The first-order valence-electron chi connectivity index (χ1n) is 9.86. The molecule has 5 rings (SSSR count). The number of aryl methyl sites for hydroxylation is 2. The van der Waals surface area contributed by atoms with Crippen molar-refractivity contribution in [2.75, 3.05) is 26.3 Å². The van der Waals surface area contributed by atoms with Crippen molar-refractivity contribution in [1.29, 1.82) is 0 Å². The molecule has 1 aromatic carbocycles. The summed E-state index contributed by atoms with van der Waals surface area (Å²) in [5, 5.41) is 3.25. The molecule has 0 saturated carbocycles. The minimum absolute atomic E-state index is 0.782. The van der Waals surface area contributed by atoms with Gasteiger partial charge in [-0.05, 0) is 42.5 Å². The Morgan fingerprint density at radius 2 is 1.93 bits per heavy atom. The number of fused-ring (bicyclic) bond motifs is 3. The Morgan fingerprint density at radius 3 is 2.75 bits per heavy atom. The summed E-state index contributed by atoms with van der Waals surface area (Å²) in [4.78, 5) is 14.2. The number of thiophene rings is 1. The Balaban J connectivity index is 1.46. The first-order valence-corrected chi connectivity index (χ1v) is 12.0. The number of hydrogen-bond donors (Lipinski definition) is 1. The molecule has 1 saturated heterocycles. The van der Waals surface area contributed by atoms with Gasteiger partial charge in [0.05, 0.1) is 13.2 Å². The van der Waals surface area contributed by atoms with E-state index in [4.69, 9.17) is 26.3 Å². The van der Waals surface area contributed by atoms with Crippen LogP contribution in [-0.4, -0.2) is 36.3 Å². The predicted octanol–water partition coefficient (Wildman–Crippen LogP) is 3.54. The van der Waals surface area contributed by atoms with Crippen molar-refractivity contribution in [3.8, 4) is 0 Å². The van der Waals surface area contributed by atoms with Gasteiger partial charge in [0, 0.05) is 21.0 Å². The van der Waals surface area contributed by atoms with Crippen LogP contribution < -0.4 is 4.90 Å². The number of benzene rings is 1. The summed E-state index contributed by atoms with van der Waals surface area (Å²) in [5.41, 5.74) is 2.78. The number of nitrogens with zero attached hydrogens (tertiary/aromatic N) is 2. The summed E-state index contributed by atoms with van der Waals surface area (Å²) in [6.07, 6.45) is 3.63. The summed E-state index contributed by atoms with van der Waals surface area (Å²) < 4.78 is 5.50. The lowest BCUT2D eigenvalue weighted by atomic mass is 10.2. The molecule has 1 N–H and O–H groups in total. The number of rotatable bonds is 5. The number of morpholine rings is 1. The molecule has 0 spiro atoms. The molecule has 0 bridgehead atoms. The fraction of sp³-hybridized carbons (Fsp3) is 0.429. The maximum absolute atomic E-state index is 6.03. The van der Waals surface area contributed by atoms with Crippen LogP contribution in [0.25, 0.3) is 10.2 Å². The molecule has 3 aromatic rings. The number of halogens is 1. The van der Waals surface area contributed by atoms with E-state index in [2.05, 4.69) is 12.1 Å². The van der Waals surface area contributed by atoms with Gasteiger partial charge in [0.2, 0.25) is 0 Å². The lowest BCUT2D eigenvalue weighted by Gasteiger charge is -2.23. The predicted molar refractivity (Wildman–Crippen MR) is 116 cm³/mol. The van der Waals surface area contributed by atoms with E-state index in [1.807, 2.05) is 35.2 Å². The lowest BCUT2D eigenvalue weighted by Crippen LogP contribution is -3.12. The van der Waals surface area contributed by atoms with Gasteiger partial charge in [-0.1, -0.05) is 23.7 Å². The Kier molecular flexibility index (Phi) is 5.57. The zero-order valence-corrected chi connectivity index (χ0v) is 18.1. The van der Waals surface area contributed by atoms with E-state index in [1.165, 1.54) is 50.4 Å². The van der Waals surface area contributed by atoms with E-state index in [-0.39, 0.29) is 0 Å². The molecule has 28 heavy (non-hydrogen) atoms. The van der Waals surface area contributed by atoms with Crippen LogP contribution in [0.1, 0.15) is 28.2 Å². The van der Waals surface area contributed by atoms with Crippen LogP contribution in [0.15, 0.2) is 29.3 Å². The second-order valence-corrected chi connectivity index (χ2v) is 9.92. The van der Waals surface area contributed by atoms with E-state index in [0.717, 1.165) is 54.5 Å². The van der Waals surface area contributed by atoms with Crippen molar-refractivity contribution in [2.24, 2.45) is 0 Å². The standard InChI is InChI=1S/C21H22ClN3OS2/c22-15-6-4-14(5-7-15)13-27-20-19-16-2-1-3-17(16)28-21(19)24-18(23-20)12-25-8-10-26-11-9-25/h4-7H,1-3,8-13H2/p+1. The summed E-state index contributed by atoms with van der Waals surface area (Å²) >= 11 is 9.75. The van der Waals surface area contributed by atoms with Gasteiger partial charge in [-0.25, -0.2) is 9.97 Å². The van der Waals surface area contributed by atoms with Gasteiger partial charge in [-0.3, -0.25) is 0 Å². The molecule has 2 aliphatic rings. The molecule has 0 unspecified atom stereocenters. The Bertz CT molecular complexity index is 983. The molecule has 3 heterocycles. The lowest BCUT2D eigenvalue weighted by molar-refractivity contribution is -0.922. The molecule has 1 aliphatic heterocycles. The summed E-state index contributed by atoms with van der Waals surface area (Å²) in [5.74, 6) is 1.88. The average molecular weight is 433 g/mol. The Hall–Kier alpha value is -1.18. The number of ether oxygens (including phenoxy) is 1. The largest absolute Gasteiger partial charge is 0.370 e. The highest BCUT2D eigenvalue weighted by molar-refractivity contribution is 7.98. The first-order chi connectivity index (χ1) is 13.8. The fourth-order valence-electron chi connectivity index (χ4n) is 3.98. The van der Waals surface area contributed by atoms with E-state index in [0.29, 0.717) is 0 Å². The third-order valence-electron chi connectivity index (χ3n) is 5.47. The molecule has 1 fully saturated rings. The Morgan fingerprint density at radius 1 is 1.11 bits per heavy atom. The van der Waals surface area contributed by atoms with Gasteiger partial charge in [0.1, 0.15) is 29.5 Å². The summed E-state index contributed by atoms with van der Waals surface area (Å²) in [6.45, 7) is 4.63. The van der Waals surface area contributed by atoms with Crippen molar-refractivity contribution >= 4 is 44.9 Å². The number of aromatic nitrogens is 2. The summed E-state index contributed by atoms with van der Waals surface area (Å²) in [6, 6.07) is 8.13. The maximum Gasteiger partial charge on any atom is 0.186 e. The molecule has 2 aromatic heterocycles. The van der Waals surface area contributed by atoms with Gasteiger partial charge in [0.15, 0.2) is 5.82 Å². The number of hydrogen-bond acceptors (Lipinski definition) is 5. The van der Waals surface area contributed by atoms with Crippen LogP contribution in [0.4, 0.5) is 0 Å². The molecule has 4 nitrogen and oxygen atoms in total. The van der Waals surface area contributed by atoms with Crippen molar-refractivity contribution < 1.29 is 9.64 Å². The Labute approximate surface area is 178 Å². The highest BCUT2D eigenvalue weighted by atomic mass is 35.5. The minimum atomic E-state index is 0.782. The highest BCUT2D eigenvalue weighted by Gasteiger charge is 2.24. The van der Waals surface area contributed by atoms with Gasteiger partial charge >= 0.3 is 0 Å². The van der Waals surface area contributed by atoms with Crippen LogP contribution in [0, 0.1) is 0 Å². The van der Waals surface area contributed by atoms with Gasteiger partial charge < -0.3 is 9.64 Å². The molecule has 0 atom stereocenters. The van der Waals surface area contributed by atoms with Crippen LogP contribution >= 0.6 is 34.7 Å². The normalized spacial score (nSPS) is 17.3. The van der Waals surface area contributed by atoms with Gasteiger partial charge in [0.25, 0.3) is 0 Å². The number of quaternary nitrogens is 1. The van der Waals surface area contributed by atoms with E-state index >= 15 is 0 Å². The zero-order chi connectivity index (χ0) is 18.9. The number of nitrogens with one attached hydrogen (secondary N) is 1. The monoisotopic (exact) mass is 432 g/mol. The topological polar surface area (TPSA) is 39.5 Å². The second kappa shape index (κ2) is 8.28. The van der Waals surface area contributed by atoms with Crippen molar-refractivity contribution in [1.82, 2.24) is 9.97 Å². The fourth-order valence-corrected chi connectivity index (χ4v) is 6.48. The van der Waals surface area contributed by atoms with Crippen molar-refractivity contribution in [3.63, 3.8) is 0 Å². The van der Waals surface area contributed by atoms with Crippen LogP contribution in [-0.2, 0) is 29.9 Å². The SMILES string of the molecule is Clc1ccc(CSc2nc(C[NH+]3CCOCC3)nc3sc4c(c23)CCC4)cc1. The molecule has 7 heteroatoms. The van der Waals surface area contributed by atoms with Crippen molar-refractivity contribution in [2.45, 2.75) is 36.6 Å². The highest BCUT2D eigenvalue weighted by Crippen LogP contribution is 2.41. The second-order valence-electron chi connectivity index (χ2n) is 7.44. The third-order valence-corrected chi connectivity index (χ3v) is 7.96. The maximum atomic E-state index is 6.03. The third kappa shape index (κ3) is 3.94. The van der Waals surface area contributed by atoms with Crippen LogP contribution in [0.3, 0.4) is 0 Å². The molecular weight excluding hydrogens is 410 g/mol. The molecule has 1 aliphatic carbocycles. The van der Waals surface area contributed by atoms with E-state index in [9.17, 15) is 0 Å². The van der Waals surface area contributed by atoms with Crippen LogP contribution in [0.2, 0.25) is 5.02 Å². The smallest absolute Gasteiger partial charge is 0.186 e. The molecule has 0 radical (unpaired) electrons. The average Bonchev–Trinajstić information content (AvgIpc) is 3.29. The molecule has 0 amide bonds. The quantitative estimate of drug-likeness (QED) is 0.494. The zero-order valence-electron chi connectivity index (χ0n) is 15.7. The van der Waals surface area contributed by atoms with E-state index < -0.39 is 0 Å². The first kappa shape index (κ1) is 18.8. The van der Waals surface area contributed by atoms with Crippen LogP contribution in [0.5, 0.6) is 0 Å². The number of thioether (sulfide) groups is 1. The minimum Gasteiger partial charge on any atom is -0.370 e. The van der Waals surface area contributed by atoms with Gasteiger partial charge in [-0.15, -0.1) is 23.1 Å². The molecule has 146 valence electrons. The molecular formula is C21H23ClN3OS2+. The van der Waals surface area contributed by atoms with E-state index in [1.54, 1.807) is 0 Å².